The van der Waals surface area contributed by atoms with Crippen LogP contribution >= 0.6 is 23.1 Å². The van der Waals surface area contributed by atoms with Crippen LogP contribution in [0.15, 0.2) is 94.5 Å². The van der Waals surface area contributed by atoms with Crippen molar-refractivity contribution in [1.29, 1.82) is 0 Å². The van der Waals surface area contributed by atoms with Crippen LogP contribution in [0.3, 0.4) is 0 Å². The van der Waals surface area contributed by atoms with Gasteiger partial charge in [0.2, 0.25) is 0 Å². The maximum absolute atomic E-state index is 14.0. The molecule has 0 aliphatic carbocycles. The average Bonchev–Trinajstić information content (AvgIpc) is 3.90. The van der Waals surface area contributed by atoms with E-state index in [-0.39, 0.29) is 24.1 Å². The largest absolute Gasteiger partial charge is 0.496 e. The number of thiophene rings is 1. The highest BCUT2D eigenvalue weighted by atomic mass is 32.2. The number of hydrogen-bond acceptors (Lipinski definition) is 10. The molecular formula is C34H31FN6O5S2. The highest BCUT2D eigenvalue weighted by molar-refractivity contribution is 7.99. The maximum atomic E-state index is 14.0. The molecule has 2 amide bonds. The van der Waals surface area contributed by atoms with Crippen LogP contribution in [0, 0.1) is 5.82 Å². The summed E-state index contributed by atoms with van der Waals surface area (Å²) in [6.45, 7) is 0.00800. The Kier molecular flexibility index (Phi) is 10.0. The molecule has 0 spiro atoms. The first-order chi connectivity index (χ1) is 23.4. The van der Waals surface area contributed by atoms with Gasteiger partial charge in [-0.05, 0) is 53.9 Å². The number of hydrogen-bond donors (Lipinski definition) is 1. The zero-order valence-electron chi connectivity index (χ0n) is 26.3. The molecule has 3 heterocycles. The number of carbonyl (C=O) groups is 2. The Morgan fingerprint density at radius 2 is 1.71 bits per heavy atom. The number of benzene rings is 3. The van der Waals surface area contributed by atoms with Crippen LogP contribution in [-0.4, -0.2) is 64.4 Å². The molecule has 0 saturated heterocycles. The van der Waals surface area contributed by atoms with E-state index in [1.165, 1.54) is 24.3 Å². The fourth-order valence-corrected chi connectivity index (χ4v) is 6.93. The van der Waals surface area contributed by atoms with E-state index in [2.05, 4.69) is 15.5 Å². The molecule has 48 heavy (non-hydrogen) atoms. The summed E-state index contributed by atoms with van der Waals surface area (Å²) >= 11 is 2.72. The van der Waals surface area contributed by atoms with E-state index in [9.17, 15) is 14.0 Å². The van der Waals surface area contributed by atoms with E-state index < -0.39 is 11.9 Å². The van der Waals surface area contributed by atoms with Gasteiger partial charge in [0.1, 0.15) is 11.6 Å². The Morgan fingerprint density at radius 3 is 2.44 bits per heavy atom. The summed E-state index contributed by atoms with van der Waals surface area (Å²) in [4.78, 5) is 28.0. The normalized spacial score (nSPS) is 14.0. The molecule has 2 aromatic heterocycles. The summed E-state index contributed by atoms with van der Waals surface area (Å²) in [7, 11) is 4.63. The summed E-state index contributed by atoms with van der Waals surface area (Å²) < 4.78 is 32.1. The number of rotatable bonds is 12. The summed E-state index contributed by atoms with van der Waals surface area (Å²) in [6.07, 6.45) is 0.488. The number of carbonyl (C=O) groups excluding carboxylic acids is 2. The van der Waals surface area contributed by atoms with Gasteiger partial charge in [-0.1, -0.05) is 42.1 Å². The lowest BCUT2D eigenvalue weighted by Crippen LogP contribution is -2.29. The molecule has 6 rings (SSSR count). The molecule has 1 aliphatic heterocycles. The SMILES string of the molecule is COc1ccccc1C(=O)NCc1nnc(SCC(=O)N2N=C(c3cccs3)C[C@H]2c2cccc(OC)c2OC)n1-c1ccc(F)cc1. The first-order valence-corrected chi connectivity index (χ1v) is 16.7. The molecule has 5 aromatic rings. The quantitative estimate of drug-likeness (QED) is 0.161. The number of aromatic nitrogens is 3. The van der Waals surface area contributed by atoms with Gasteiger partial charge >= 0.3 is 0 Å². The molecule has 0 unspecified atom stereocenters. The van der Waals surface area contributed by atoms with Gasteiger partial charge in [-0.25, -0.2) is 9.40 Å². The van der Waals surface area contributed by atoms with Crippen LogP contribution < -0.4 is 19.5 Å². The number of halogens is 1. The topological polar surface area (TPSA) is 120 Å². The number of nitrogens with one attached hydrogen (secondary N) is 1. The molecule has 0 radical (unpaired) electrons. The van der Waals surface area contributed by atoms with E-state index in [1.54, 1.807) is 72.6 Å². The minimum absolute atomic E-state index is 0.00800. The lowest BCUT2D eigenvalue weighted by atomic mass is 9.99. The minimum atomic E-state index is -0.434. The van der Waals surface area contributed by atoms with Crippen LogP contribution in [0.25, 0.3) is 5.69 Å². The highest BCUT2D eigenvalue weighted by Crippen LogP contribution is 2.42. The summed E-state index contributed by atoms with van der Waals surface area (Å²) in [5, 5.41) is 20.1. The molecule has 3 aromatic carbocycles. The highest BCUT2D eigenvalue weighted by Gasteiger charge is 2.36. The molecule has 11 nitrogen and oxygen atoms in total. The maximum Gasteiger partial charge on any atom is 0.255 e. The Balaban J connectivity index is 1.26. The average molecular weight is 687 g/mol. The van der Waals surface area contributed by atoms with Crippen LogP contribution in [0.5, 0.6) is 17.2 Å². The van der Waals surface area contributed by atoms with Crippen molar-refractivity contribution in [2.75, 3.05) is 27.1 Å². The lowest BCUT2D eigenvalue weighted by molar-refractivity contribution is -0.130. The summed E-state index contributed by atoms with van der Waals surface area (Å²) in [6, 6.07) is 21.7. The molecule has 0 fully saturated rings. The van der Waals surface area contributed by atoms with Gasteiger partial charge in [0, 0.05) is 17.7 Å². The number of amides is 2. The Labute approximate surface area is 284 Å². The number of nitrogens with zero attached hydrogens (tertiary/aromatic N) is 5. The molecule has 0 saturated carbocycles. The fraction of sp³-hybridized carbons (Fsp3) is 0.206. The van der Waals surface area contributed by atoms with Crippen LogP contribution in [0.4, 0.5) is 4.39 Å². The third-order valence-electron chi connectivity index (χ3n) is 7.63. The molecule has 0 bridgehead atoms. The lowest BCUT2D eigenvalue weighted by Gasteiger charge is -2.24. The monoisotopic (exact) mass is 686 g/mol. The van der Waals surface area contributed by atoms with Crippen molar-refractivity contribution in [3.8, 4) is 22.9 Å². The van der Waals surface area contributed by atoms with Gasteiger partial charge in [-0.2, -0.15) is 5.10 Å². The Hall–Kier alpha value is -5.21. The number of methoxy groups -OCH3 is 3. The minimum Gasteiger partial charge on any atom is -0.496 e. The molecule has 14 heteroatoms. The second-order valence-electron chi connectivity index (χ2n) is 10.4. The Bertz CT molecular complexity index is 1950. The van der Waals surface area contributed by atoms with Gasteiger partial charge < -0.3 is 19.5 Å². The molecular weight excluding hydrogens is 656 g/mol. The zero-order chi connectivity index (χ0) is 33.6. The van der Waals surface area contributed by atoms with Crippen molar-refractivity contribution in [2.45, 2.75) is 24.2 Å². The fourth-order valence-electron chi connectivity index (χ4n) is 5.39. The predicted octanol–water partition coefficient (Wildman–Crippen LogP) is 5.89. The zero-order valence-corrected chi connectivity index (χ0v) is 27.9. The molecule has 1 atom stereocenters. The van der Waals surface area contributed by atoms with E-state index in [0.717, 1.165) is 27.9 Å². The van der Waals surface area contributed by atoms with E-state index >= 15 is 0 Å². The molecule has 246 valence electrons. The van der Waals surface area contributed by atoms with Crippen molar-refractivity contribution < 1.29 is 28.2 Å². The third-order valence-corrected chi connectivity index (χ3v) is 9.47. The van der Waals surface area contributed by atoms with Crippen molar-refractivity contribution >= 4 is 40.6 Å². The first kappa shape index (κ1) is 32.7. The smallest absolute Gasteiger partial charge is 0.255 e. The van der Waals surface area contributed by atoms with Crippen LogP contribution in [-0.2, 0) is 11.3 Å². The number of hydrazone groups is 1. The van der Waals surface area contributed by atoms with E-state index in [1.807, 2.05) is 29.6 Å². The van der Waals surface area contributed by atoms with Gasteiger partial charge in [-0.15, -0.1) is 21.5 Å². The van der Waals surface area contributed by atoms with E-state index in [0.29, 0.717) is 45.9 Å². The van der Waals surface area contributed by atoms with Crippen molar-refractivity contribution in [2.24, 2.45) is 5.10 Å². The third kappa shape index (κ3) is 6.75. The second-order valence-corrected chi connectivity index (χ2v) is 12.3. The second kappa shape index (κ2) is 14.7. The first-order valence-electron chi connectivity index (χ1n) is 14.8. The van der Waals surface area contributed by atoms with Gasteiger partial charge in [0.05, 0.1) is 55.8 Å². The van der Waals surface area contributed by atoms with Gasteiger partial charge in [0.25, 0.3) is 11.8 Å². The predicted molar refractivity (Wildman–Crippen MR) is 181 cm³/mol. The van der Waals surface area contributed by atoms with E-state index in [4.69, 9.17) is 19.3 Å². The van der Waals surface area contributed by atoms with Crippen LogP contribution in [0.2, 0.25) is 0 Å². The van der Waals surface area contributed by atoms with Gasteiger partial charge in [0.15, 0.2) is 22.5 Å². The standard InChI is InChI=1S/C34H31FN6O5S2/c1-44-27-10-5-4-8-24(27)33(43)36-19-30-37-38-34(40(30)22-15-13-21(35)14-16-22)48-20-31(42)41-26(18-25(39-41)29-12-7-17-47-29)23-9-6-11-28(45-2)32(23)46-3/h4-17,26H,18-20H2,1-3H3,(H,36,43)/t26-/m0/s1. The number of thioether (sulfide) groups is 1. The van der Waals surface area contributed by atoms with Crippen molar-refractivity contribution in [3.05, 3.63) is 112 Å². The summed E-state index contributed by atoms with van der Waals surface area (Å²) in [5.41, 5.74) is 2.49. The summed E-state index contributed by atoms with van der Waals surface area (Å²) in [5.74, 6) is 0.845. The van der Waals surface area contributed by atoms with Crippen molar-refractivity contribution in [3.63, 3.8) is 0 Å². The van der Waals surface area contributed by atoms with Crippen molar-refractivity contribution in [1.82, 2.24) is 25.1 Å². The molecule has 1 aliphatic rings. The van der Waals surface area contributed by atoms with Gasteiger partial charge in [-0.3, -0.25) is 14.2 Å². The molecule has 1 N–H and O–H groups in total. The Morgan fingerprint density at radius 1 is 0.938 bits per heavy atom. The van der Waals surface area contributed by atoms with Crippen LogP contribution in [0.1, 0.15) is 39.1 Å². The number of para-hydroxylation sites is 2. The number of ether oxygens (including phenoxy) is 3.